The first kappa shape index (κ1) is 12.3. The van der Waals surface area contributed by atoms with Crippen LogP contribution in [0.15, 0.2) is 54.9 Å². The first-order valence-electron chi connectivity index (χ1n) is 6.00. The fourth-order valence-corrected chi connectivity index (χ4v) is 1.83. The highest BCUT2D eigenvalue weighted by atomic mass is 16.1. The molecule has 0 saturated carbocycles. The van der Waals surface area contributed by atoms with E-state index in [9.17, 15) is 4.79 Å². The Labute approximate surface area is 107 Å². The third kappa shape index (κ3) is 3.42. The van der Waals surface area contributed by atoms with Crippen LogP contribution in [0.5, 0.6) is 0 Å². The first-order valence-corrected chi connectivity index (χ1v) is 6.00. The van der Waals surface area contributed by atoms with Gasteiger partial charge >= 0.3 is 0 Å². The van der Waals surface area contributed by atoms with Gasteiger partial charge in [0.2, 0.25) is 5.91 Å². The summed E-state index contributed by atoms with van der Waals surface area (Å²) in [5.41, 5.74) is 1.92. The van der Waals surface area contributed by atoms with Crippen LogP contribution in [-0.4, -0.2) is 10.9 Å². The van der Waals surface area contributed by atoms with Crippen molar-refractivity contribution < 1.29 is 4.79 Å². The van der Waals surface area contributed by atoms with E-state index in [1.807, 2.05) is 36.4 Å². The standard InChI is InChI=1S/C15H16N2O/c1-12(13-6-3-2-4-7-13)10-15(18)17-14-8-5-9-16-11-14/h2-9,11-12H,10H2,1H3,(H,17,18)/t12-/m0/s1. The van der Waals surface area contributed by atoms with Gasteiger partial charge in [-0.3, -0.25) is 9.78 Å². The summed E-state index contributed by atoms with van der Waals surface area (Å²) in [6.45, 7) is 2.05. The van der Waals surface area contributed by atoms with Crippen molar-refractivity contribution >= 4 is 11.6 Å². The highest BCUT2D eigenvalue weighted by molar-refractivity contribution is 5.90. The van der Waals surface area contributed by atoms with Crippen molar-refractivity contribution in [1.29, 1.82) is 0 Å². The Bertz CT molecular complexity index is 496. The predicted octanol–water partition coefficient (Wildman–Crippen LogP) is 3.21. The summed E-state index contributed by atoms with van der Waals surface area (Å²) in [5.74, 6) is 0.224. The number of nitrogens with one attached hydrogen (secondary N) is 1. The number of pyridine rings is 1. The molecule has 1 N–H and O–H groups in total. The maximum Gasteiger partial charge on any atom is 0.225 e. The minimum absolute atomic E-state index is 0.0133. The molecule has 1 atom stereocenters. The lowest BCUT2D eigenvalue weighted by molar-refractivity contribution is -0.116. The van der Waals surface area contributed by atoms with Crippen molar-refractivity contribution in [2.24, 2.45) is 0 Å². The van der Waals surface area contributed by atoms with E-state index in [2.05, 4.69) is 17.2 Å². The molecule has 0 fully saturated rings. The summed E-state index contributed by atoms with van der Waals surface area (Å²) in [6.07, 6.45) is 3.80. The van der Waals surface area contributed by atoms with Crippen molar-refractivity contribution in [3.05, 3.63) is 60.4 Å². The van der Waals surface area contributed by atoms with Crippen LogP contribution in [0.2, 0.25) is 0 Å². The number of carbonyl (C=O) groups is 1. The highest BCUT2D eigenvalue weighted by Gasteiger charge is 2.10. The third-order valence-electron chi connectivity index (χ3n) is 2.81. The molecular formula is C15H16N2O. The number of hydrogen-bond acceptors (Lipinski definition) is 2. The number of rotatable bonds is 4. The Morgan fingerprint density at radius 2 is 2.00 bits per heavy atom. The Morgan fingerprint density at radius 3 is 2.67 bits per heavy atom. The molecule has 18 heavy (non-hydrogen) atoms. The van der Waals surface area contributed by atoms with Crippen molar-refractivity contribution in [2.75, 3.05) is 5.32 Å². The summed E-state index contributed by atoms with van der Waals surface area (Å²) in [5, 5.41) is 2.84. The van der Waals surface area contributed by atoms with E-state index in [4.69, 9.17) is 0 Å². The molecule has 0 aliphatic rings. The minimum atomic E-state index is 0.0133. The molecule has 2 aromatic rings. The Kier molecular flexibility index (Phi) is 4.07. The maximum absolute atomic E-state index is 11.9. The molecule has 92 valence electrons. The molecule has 1 aromatic heterocycles. The molecule has 0 unspecified atom stereocenters. The lowest BCUT2D eigenvalue weighted by Crippen LogP contribution is -2.14. The lowest BCUT2D eigenvalue weighted by Gasteiger charge is -2.11. The minimum Gasteiger partial charge on any atom is -0.325 e. The Balaban J connectivity index is 1.92. The normalized spacial score (nSPS) is 11.8. The van der Waals surface area contributed by atoms with E-state index in [1.54, 1.807) is 18.5 Å². The molecule has 0 bridgehead atoms. The van der Waals surface area contributed by atoms with Crippen LogP contribution in [0.1, 0.15) is 24.8 Å². The molecule has 1 aromatic carbocycles. The van der Waals surface area contributed by atoms with Gasteiger partial charge < -0.3 is 5.32 Å². The van der Waals surface area contributed by atoms with Gasteiger partial charge in [0.25, 0.3) is 0 Å². The quantitative estimate of drug-likeness (QED) is 0.891. The fourth-order valence-electron chi connectivity index (χ4n) is 1.83. The second kappa shape index (κ2) is 5.96. The lowest BCUT2D eigenvalue weighted by atomic mass is 9.97. The fraction of sp³-hybridized carbons (Fsp3) is 0.200. The average Bonchev–Trinajstić information content (AvgIpc) is 2.40. The molecule has 0 spiro atoms. The molecule has 0 aliphatic heterocycles. The van der Waals surface area contributed by atoms with Gasteiger partial charge in [-0.2, -0.15) is 0 Å². The number of anilines is 1. The zero-order valence-electron chi connectivity index (χ0n) is 10.3. The van der Waals surface area contributed by atoms with Crippen LogP contribution in [0.3, 0.4) is 0 Å². The van der Waals surface area contributed by atoms with E-state index in [1.165, 1.54) is 5.56 Å². The largest absolute Gasteiger partial charge is 0.325 e. The zero-order chi connectivity index (χ0) is 12.8. The van der Waals surface area contributed by atoms with Crippen molar-refractivity contribution in [2.45, 2.75) is 19.3 Å². The van der Waals surface area contributed by atoms with E-state index < -0.39 is 0 Å². The van der Waals surface area contributed by atoms with Gasteiger partial charge in [-0.25, -0.2) is 0 Å². The third-order valence-corrected chi connectivity index (χ3v) is 2.81. The molecule has 0 aliphatic carbocycles. The van der Waals surface area contributed by atoms with Gasteiger partial charge in [-0.05, 0) is 23.6 Å². The molecule has 3 heteroatoms. The molecule has 0 radical (unpaired) electrons. The topological polar surface area (TPSA) is 42.0 Å². The van der Waals surface area contributed by atoms with Gasteiger partial charge in [0.1, 0.15) is 0 Å². The number of aromatic nitrogens is 1. The monoisotopic (exact) mass is 240 g/mol. The van der Waals surface area contributed by atoms with Crippen molar-refractivity contribution in [3.63, 3.8) is 0 Å². The Morgan fingerprint density at radius 1 is 1.22 bits per heavy atom. The molecular weight excluding hydrogens is 224 g/mol. The van der Waals surface area contributed by atoms with E-state index >= 15 is 0 Å². The molecule has 2 rings (SSSR count). The summed E-state index contributed by atoms with van der Waals surface area (Å²) in [6, 6.07) is 13.7. The second-order valence-electron chi connectivity index (χ2n) is 4.31. The number of benzene rings is 1. The molecule has 1 heterocycles. The van der Waals surface area contributed by atoms with Crippen molar-refractivity contribution in [1.82, 2.24) is 4.98 Å². The molecule has 3 nitrogen and oxygen atoms in total. The van der Waals surface area contributed by atoms with E-state index in [-0.39, 0.29) is 11.8 Å². The predicted molar refractivity (Wildman–Crippen MR) is 72.3 cm³/mol. The van der Waals surface area contributed by atoms with Crippen LogP contribution in [-0.2, 0) is 4.79 Å². The van der Waals surface area contributed by atoms with Crippen LogP contribution >= 0.6 is 0 Å². The van der Waals surface area contributed by atoms with Gasteiger partial charge in [0.05, 0.1) is 11.9 Å². The molecule has 0 saturated heterocycles. The highest BCUT2D eigenvalue weighted by Crippen LogP contribution is 2.19. The summed E-state index contributed by atoms with van der Waals surface area (Å²) < 4.78 is 0. The van der Waals surface area contributed by atoms with E-state index in [0.29, 0.717) is 6.42 Å². The average molecular weight is 240 g/mol. The number of hydrogen-bond donors (Lipinski definition) is 1. The maximum atomic E-state index is 11.9. The van der Waals surface area contributed by atoms with Gasteiger partial charge in [-0.15, -0.1) is 0 Å². The van der Waals surface area contributed by atoms with Crippen LogP contribution < -0.4 is 5.32 Å². The smallest absolute Gasteiger partial charge is 0.225 e. The number of carbonyl (C=O) groups excluding carboxylic acids is 1. The summed E-state index contributed by atoms with van der Waals surface area (Å²) in [4.78, 5) is 15.8. The van der Waals surface area contributed by atoms with Gasteiger partial charge in [-0.1, -0.05) is 37.3 Å². The number of nitrogens with zero attached hydrogens (tertiary/aromatic N) is 1. The zero-order valence-corrected chi connectivity index (χ0v) is 10.3. The summed E-state index contributed by atoms with van der Waals surface area (Å²) >= 11 is 0. The van der Waals surface area contributed by atoms with E-state index in [0.717, 1.165) is 5.69 Å². The Hall–Kier alpha value is -2.16. The van der Waals surface area contributed by atoms with Crippen LogP contribution in [0.25, 0.3) is 0 Å². The van der Waals surface area contributed by atoms with Crippen LogP contribution in [0.4, 0.5) is 5.69 Å². The van der Waals surface area contributed by atoms with Gasteiger partial charge in [0, 0.05) is 12.6 Å². The number of amides is 1. The summed E-state index contributed by atoms with van der Waals surface area (Å²) in [7, 11) is 0. The SMILES string of the molecule is C[C@@H](CC(=O)Nc1cccnc1)c1ccccc1. The van der Waals surface area contributed by atoms with Gasteiger partial charge in [0.15, 0.2) is 0 Å². The first-order chi connectivity index (χ1) is 8.75. The molecule has 1 amide bonds. The van der Waals surface area contributed by atoms with Crippen LogP contribution in [0, 0.1) is 0 Å². The van der Waals surface area contributed by atoms with Crippen molar-refractivity contribution in [3.8, 4) is 0 Å². The second-order valence-corrected chi connectivity index (χ2v) is 4.31.